The number of aliphatic hydroxyl groups excluding tert-OH is 2. The normalized spacial score (nSPS) is 21.4. The third kappa shape index (κ3) is 5.16. The van der Waals surface area contributed by atoms with Crippen LogP contribution >= 0.6 is 0 Å². The predicted molar refractivity (Wildman–Crippen MR) is 146 cm³/mol. The van der Waals surface area contributed by atoms with Gasteiger partial charge in [-0.1, -0.05) is 60.7 Å². The highest BCUT2D eigenvalue weighted by Gasteiger charge is 2.34. The monoisotopic (exact) mass is 512 g/mol. The molecule has 6 nitrogen and oxygen atoms in total. The molecule has 0 spiro atoms. The molecule has 3 unspecified atom stereocenters. The van der Waals surface area contributed by atoms with Crippen LogP contribution in [0.2, 0.25) is 0 Å². The summed E-state index contributed by atoms with van der Waals surface area (Å²) in [6.45, 7) is 3.92. The van der Waals surface area contributed by atoms with Gasteiger partial charge in [0, 0.05) is 11.5 Å². The van der Waals surface area contributed by atoms with Crippen LogP contribution in [0.3, 0.4) is 0 Å². The number of ether oxygens (including phenoxy) is 2. The van der Waals surface area contributed by atoms with Crippen molar-refractivity contribution in [2.45, 2.75) is 57.7 Å². The second-order valence-electron chi connectivity index (χ2n) is 10.0. The van der Waals surface area contributed by atoms with Gasteiger partial charge in [0.15, 0.2) is 0 Å². The Kier molecular flexibility index (Phi) is 7.47. The van der Waals surface area contributed by atoms with Crippen molar-refractivity contribution in [1.82, 2.24) is 0 Å². The van der Waals surface area contributed by atoms with E-state index in [1.54, 1.807) is 6.07 Å². The molecule has 3 N–H and O–H groups in total. The summed E-state index contributed by atoms with van der Waals surface area (Å²) in [5.74, 6) is -0.578. The molecule has 1 heterocycles. The Bertz CT molecular complexity index is 1440. The van der Waals surface area contributed by atoms with Gasteiger partial charge < -0.3 is 24.8 Å². The van der Waals surface area contributed by atoms with Crippen LogP contribution in [0.5, 0.6) is 5.75 Å². The van der Waals surface area contributed by atoms with Crippen LogP contribution in [0.25, 0.3) is 21.9 Å². The van der Waals surface area contributed by atoms with Crippen molar-refractivity contribution >= 4 is 16.7 Å². The highest BCUT2D eigenvalue weighted by atomic mass is 16.5. The zero-order valence-corrected chi connectivity index (χ0v) is 21.5. The first-order chi connectivity index (χ1) is 18.4. The van der Waals surface area contributed by atoms with Crippen LogP contribution in [0.15, 0.2) is 78.9 Å². The Morgan fingerprint density at radius 3 is 2.50 bits per heavy atom. The SMILES string of the molecule is CC1C[C@@H](O)C(c2cccc(COc3ccc4c(-c5ccccc5)c(CO)c(C(=O)O)cc4c3)c2)C(C)O1. The van der Waals surface area contributed by atoms with E-state index in [9.17, 15) is 20.1 Å². The first-order valence-corrected chi connectivity index (χ1v) is 12.9. The molecule has 0 saturated carbocycles. The van der Waals surface area contributed by atoms with Gasteiger partial charge in [0.2, 0.25) is 0 Å². The van der Waals surface area contributed by atoms with Crippen LogP contribution in [0.4, 0.5) is 0 Å². The molecular weight excluding hydrogens is 480 g/mol. The number of hydrogen-bond acceptors (Lipinski definition) is 5. The zero-order chi connectivity index (χ0) is 26.8. The summed E-state index contributed by atoms with van der Waals surface area (Å²) in [6, 6.07) is 24.7. The lowest BCUT2D eigenvalue weighted by molar-refractivity contribution is -0.0960. The van der Waals surface area contributed by atoms with Crippen molar-refractivity contribution in [3.8, 4) is 16.9 Å². The number of carboxylic acids is 1. The molecule has 4 aromatic rings. The number of aromatic carboxylic acids is 1. The number of rotatable bonds is 7. The molecule has 4 aromatic carbocycles. The van der Waals surface area contributed by atoms with Gasteiger partial charge in [-0.3, -0.25) is 0 Å². The lowest BCUT2D eigenvalue weighted by atomic mass is 9.83. The zero-order valence-electron chi connectivity index (χ0n) is 21.5. The summed E-state index contributed by atoms with van der Waals surface area (Å²) < 4.78 is 12.1. The summed E-state index contributed by atoms with van der Waals surface area (Å²) in [6.07, 6.45) is 0.0924. The van der Waals surface area contributed by atoms with Gasteiger partial charge in [-0.2, -0.15) is 0 Å². The van der Waals surface area contributed by atoms with E-state index in [-0.39, 0.29) is 30.3 Å². The average Bonchev–Trinajstić information content (AvgIpc) is 2.90. The lowest BCUT2D eigenvalue weighted by Gasteiger charge is -2.37. The quantitative estimate of drug-likeness (QED) is 0.285. The number of carbonyl (C=O) groups is 1. The molecule has 5 rings (SSSR count). The molecule has 0 aromatic heterocycles. The van der Waals surface area contributed by atoms with Crippen molar-refractivity contribution in [1.29, 1.82) is 0 Å². The summed E-state index contributed by atoms with van der Waals surface area (Å²) in [4.78, 5) is 12.1. The van der Waals surface area contributed by atoms with Gasteiger partial charge in [-0.15, -0.1) is 0 Å². The summed E-state index contributed by atoms with van der Waals surface area (Å²) in [5, 5.41) is 32.2. The van der Waals surface area contributed by atoms with Crippen molar-refractivity contribution < 1.29 is 29.6 Å². The van der Waals surface area contributed by atoms with E-state index in [0.717, 1.165) is 27.5 Å². The minimum atomic E-state index is -1.09. The van der Waals surface area contributed by atoms with Gasteiger partial charge in [0.25, 0.3) is 0 Å². The number of aliphatic hydroxyl groups is 2. The van der Waals surface area contributed by atoms with E-state index in [2.05, 4.69) is 0 Å². The fourth-order valence-electron chi connectivity index (χ4n) is 5.66. The maximum absolute atomic E-state index is 12.1. The molecule has 1 fully saturated rings. The van der Waals surface area contributed by atoms with Crippen molar-refractivity contribution in [3.05, 3.63) is 101 Å². The Hall–Kier alpha value is -3.71. The highest BCUT2D eigenvalue weighted by molar-refractivity contribution is 6.05. The Morgan fingerprint density at radius 1 is 1.00 bits per heavy atom. The van der Waals surface area contributed by atoms with Crippen LogP contribution in [0.1, 0.15) is 53.2 Å². The first-order valence-electron chi connectivity index (χ1n) is 12.9. The molecule has 0 radical (unpaired) electrons. The van der Waals surface area contributed by atoms with Crippen LogP contribution < -0.4 is 4.74 Å². The number of fused-ring (bicyclic) bond motifs is 1. The van der Waals surface area contributed by atoms with Gasteiger partial charge in [0.05, 0.1) is 30.5 Å². The summed E-state index contributed by atoms with van der Waals surface area (Å²) in [7, 11) is 0. The molecular formula is C32H32O6. The fraction of sp³-hybridized carbons (Fsp3) is 0.281. The Balaban J connectivity index is 1.44. The minimum Gasteiger partial charge on any atom is -0.489 e. The molecule has 0 amide bonds. The largest absolute Gasteiger partial charge is 0.489 e. The molecule has 1 aliphatic heterocycles. The molecule has 196 valence electrons. The van der Waals surface area contributed by atoms with E-state index < -0.39 is 12.1 Å². The van der Waals surface area contributed by atoms with Gasteiger partial charge in [-0.05, 0) is 71.5 Å². The average molecular weight is 513 g/mol. The lowest BCUT2D eigenvalue weighted by Crippen LogP contribution is -2.40. The Labute approximate surface area is 222 Å². The standard InChI is InChI=1S/C32H32O6/c1-19-13-29(34)30(20(2)38-19)23-10-6-7-21(14-23)18-37-25-11-12-26-24(15-25)16-27(32(35)36)28(17-33)31(26)22-8-4-3-5-9-22/h3-12,14-16,19-20,29-30,33-34H,13,17-18H2,1-2H3,(H,35,36)/t19?,20?,29-,30?/m1/s1. The van der Waals surface area contributed by atoms with Crippen LogP contribution in [-0.4, -0.2) is 39.6 Å². The van der Waals surface area contributed by atoms with E-state index in [1.807, 2.05) is 86.6 Å². The number of hydrogen-bond donors (Lipinski definition) is 3. The second-order valence-corrected chi connectivity index (χ2v) is 10.0. The summed E-state index contributed by atoms with van der Waals surface area (Å²) >= 11 is 0. The van der Waals surface area contributed by atoms with Gasteiger partial charge >= 0.3 is 5.97 Å². The molecule has 1 aliphatic rings. The number of benzene rings is 4. The summed E-state index contributed by atoms with van der Waals surface area (Å²) in [5.41, 5.74) is 3.99. The molecule has 38 heavy (non-hydrogen) atoms. The smallest absolute Gasteiger partial charge is 0.336 e. The molecule has 1 saturated heterocycles. The highest BCUT2D eigenvalue weighted by Crippen LogP contribution is 2.37. The fourth-order valence-corrected chi connectivity index (χ4v) is 5.66. The molecule has 0 bridgehead atoms. The molecule has 6 heteroatoms. The Morgan fingerprint density at radius 2 is 1.79 bits per heavy atom. The van der Waals surface area contributed by atoms with E-state index >= 15 is 0 Å². The third-order valence-electron chi connectivity index (χ3n) is 7.35. The van der Waals surface area contributed by atoms with E-state index in [4.69, 9.17) is 9.47 Å². The second kappa shape index (κ2) is 11.0. The van der Waals surface area contributed by atoms with E-state index in [0.29, 0.717) is 29.9 Å². The topological polar surface area (TPSA) is 96.2 Å². The predicted octanol–water partition coefficient (Wildman–Crippen LogP) is 5.92. The number of carboxylic acid groups (broad SMARTS) is 1. The third-order valence-corrected chi connectivity index (χ3v) is 7.35. The van der Waals surface area contributed by atoms with Crippen molar-refractivity contribution in [3.63, 3.8) is 0 Å². The van der Waals surface area contributed by atoms with E-state index in [1.165, 1.54) is 0 Å². The molecule has 4 atom stereocenters. The van der Waals surface area contributed by atoms with Gasteiger partial charge in [0.1, 0.15) is 12.4 Å². The minimum absolute atomic E-state index is 0.0353. The van der Waals surface area contributed by atoms with Crippen molar-refractivity contribution in [2.24, 2.45) is 0 Å². The van der Waals surface area contributed by atoms with Gasteiger partial charge in [-0.25, -0.2) is 4.79 Å². The van der Waals surface area contributed by atoms with Crippen LogP contribution in [0, 0.1) is 0 Å². The van der Waals surface area contributed by atoms with Crippen molar-refractivity contribution in [2.75, 3.05) is 0 Å². The maximum atomic E-state index is 12.1. The maximum Gasteiger partial charge on any atom is 0.336 e. The van der Waals surface area contributed by atoms with Crippen LogP contribution in [-0.2, 0) is 18.0 Å². The molecule has 0 aliphatic carbocycles. The first kappa shape index (κ1) is 25.9.